The molecule has 1 unspecified atom stereocenters. The minimum absolute atomic E-state index is 0.740. The molecule has 0 aliphatic heterocycles. The third kappa shape index (κ3) is 4.49. The third-order valence-electron chi connectivity index (χ3n) is 4.59. The number of rotatable bonds is 7. The van der Waals surface area contributed by atoms with Crippen LogP contribution in [0.2, 0.25) is 5.02 Å². The lowest BCUT2D eigenvalue weighted by molar-refractivity contribution is 0.321. The van der Waals surface area contributed by atoms with Crippen LogP contribution in [-0.4, -0.2) is 13.1 Å². The number of hydrogen-bond acceptors (Lipinski definition) is 1. The van der Waals surface area contributed by atoms with Gasteiger partial charge in [-0.05, 0) is 61.9 Å². The van der Waals surface area contributed by atoms with Gasteiger partial charge in [0.05, 0.1) is 0 Å². The van der Waals surface area contributed by atoms with Gasteiger partial charge < -0.3 is 5.32 Å². The molecule has 1 aromatic rings. The Labute approximate surface area is 129 Å². The molecule has 0 spiro atoms. The van der Waals surface area contributed by atoms with Gasteiger partial charge in [-0.15, -0.1) is 0 Å². The Morgan fingerprint density at radius 3 is 2.70 bits per heavy atom. The van der Waals surface area contributed by atoms with Crippen molar-refractivity contribution in [2.75, 3.05) is 13.1 Å². The van der Waals surface area contributed by atoms with Crippen LogP contribution in [0, 0.1) is 18.8 Å². The second-order valence-corrected chi connectivity index (χ2v) is 6.71. The molecule has 20 heavy (non-hydrogen) atoms. The SMILES string of the molecule is CCCNCC(Cc1ccc(C)cc1Cl)C1CCCC1. The first-order valence-corrected chi connectivity index (χ1v) is 8.54. The van der Waals surface area contributed by atoms with Crippen molar-refractivity contribution in [2.24, 2.45) is 11.8 Å². The largest absolute Gasteiger partial charge is 0.316 e. The standard InChI is InChI=1S/C18H28ClN/c1-3-10-20-13-17(15-6-4-5-7-15)12-16-9-8-14(2)11-18(16)19/h8-9,11,15,17,20H,3-7,10,12-13H2,1-2H3. The van der Waals surface area contributed by atoms with E-state index in [9.17, 15) is 0 Å². The molecular weight excluding hydrogens is 266 g/mol. The highest BCUT2D eigenvalue weighted by Gasteiger charge is 2.25. The number of halogens is 1. The summed E-state index contributed by atoms with van der Waals surface area (Å²) in [4.78, 5) is 0. The Morgan fingerprint density at radius 2 is 2.05 bits per heavy atom. The average Bonchev–Trinajstić information content (AvgIpc) is 2.94. The molecule has 0 radical (unpaired) electrons. The van der Waals surface area contributed by atoms with Crippen molar-refractivity contribution in [1.29, 1.82) is 0 Å². The fraction of sp³-hybridized carbons (Fsp3) is 0.667. The van der Waals surface area contributed by atoms with Crippen LogP contribution in [0.5, 0.6) is 0 Å². The molecule has 0 bridgehead atoms. The van der Waals surface area contributed by atoms with Gasteiger partial charge in [0.1, 0.15) is 0 Å². The summed E-state index contributed by atoms with van der Waals surface area (Å²) >= 11 is 6.42. The summed E-state index contributed by atoms with van der Waals surface area (Å²) in [6.07, 6.45) is 7.97. The summed E-state index contributed by atoms with van der Waals surface area (Å²) in [5, 5.41) is 4.57. The maximum Gasteiger partial charge on any atom is 0.0440 e. The molecule has 1 atom stereocenters. The van der Waals surface area contributed by atoms with Gasteiger partial charge in [-0.25, -0.2) is 0 Å². The molecule has 0 aromatic heterocycles. The van der Waals surface area contributed by atoms with Crippen molar-refractivity contribution in [3.8, 4) is 0 Å². The number of nitrogens with one attached hydrogen (secondary N) is 1. The van der Waals surface area contributed by atoms with Crippen LogP contribution in [0.4, 0.5) is 0 Å². The first-order valence-electron chi connectivity index (χ1n) is 8.16. The summed E-state index contributed by atoms with van der Waals surface area (Å²) in [6.45, 7) is 6.61. The van der Waals surface area contributed by atoms with Crippen molar-refractivity contribution < 1.29 is 0 Å². The Kier molecular flexibility index (Phi) is 6.38. The zero-order valence-electron chi connectivity index (χ0n) is 12.9. The minimum atomic E-state index is 0.740. The molecule has 1 saturated carbocycles. The van der Waals surface area contributed by atoms with E-state index in [4.69, 9.17) is 11.6 Å². The Balaban J connectivity index is 2.01. The number of hydrogen-bond donors (Lipinski definition) is 1. The highest BCUT2D eigenvalue weighted by molar-refractivity contribution is 6.31. The van der Waals surface area contributed by atoms with Gasteiger partial charge in [0.15, 0.2) is 0 Å². The highest BCUT2D eigenvalue weighted by Crippen LogP contribution is 2.34. The molecule has 1 aromatic carbocycles. The van der Waals surface area contributed by atoms with Crippen molar-refractivity contribution in [3.05, 3.63) is 34.3 Å². The molecule has 1 nitrogen and oxygen atoms in total. The fourth-order valence-electron chi connectivity index (χ4n) is 3.40. The van der Waals surface area contributed by atoms with E-state index >= 15 is 0 Å². The molecule has 0 saturated heterocycles. The maximum absolute atomic E-state index is 6.42. The van der Waals surface area contributed by atoms with E-state index in [1.807, 2.05) is 0 Å². The number of aryl methyl sites for hydroxylation is 1. The molecular formula is C18H28ClN. The summed E-state index contributed by atoms with van der Waals surface area (Å²) in [6, 6.07) is 6.51. The van der Waals surface area contributed by atoms with Gasteiger partial charge in [0.2, 0.25) is 0 Å². The molecule has 2 heteroatoms. The first kappa shape index (κ1) is 15.9. The predicted molar refractivity (Wildman–Crippen MR) is 88.5 cm³/mol. The van der Waals surface area contributed by atoms with Crippen molar-refractivity contribution in [2.45, 2.75) is 52.4 Å². The minimum Gasteiger partial charge on any atom is -0.316 e. The van der Waals surface area contributed by atoms with E-state index in [2.05, 4.69) is 37.4 Å². The lowest BCUT2D eigenvalue weighted by Crippen LogP contribution is -2.29. The van der Waals surface area contributed by atoms with Gasteiger partial charge in [-0.3, -0.25) is 0 Å². The smallest absolute Gasteiger partial charge is 0.0440 e. The van der Waals surface area contributed by atoms with E-state index in [0.717, 1.165) is 36.4 Å². The topological polar surface area (TPSA) is 12.0 Å². The molecule has 2 rings (SSSR count). The van der Waals surface area contributed by atoms with Crippen LogP contribution in [0.1, 0.15) is 50.2 Å². The average molecular weight is 294 g/mol. The van der Waals surface area contributed by atoms with E-state index in [1.54, 1.807) is 0 Å². The van der Waals surface area contributed by atoms with Crippen LogP contribution >= 0.6 is 11.6 Å². The Morgan fingerprint density at radius 1 is 1.30 bits per heavy atom. The molecule has 1 aliphatic rings. The second-order valence-electron chi connectivity index (χ2n) is 6.31. The van der Waals surface area contributed by atoms with Crippen LogP contribution in [0.25, 0.3) is 0 Å². The van der Waals surface area contributed by atoms with Crippen molar-refractivity contribution in [3.63, 3.8) is 0 Å². The quantitative estimate of drug-likeness (QED) is 0.698. The van der Waals surface area contributed by atoms with Gasteiger partial charge in [0.25, 0.3) is 0 Å². The monoisotopic (exact) mass is 293 g/mol. The molecule has 112 valence electrons. The van der Waals surface area contributed by atoms with Crippen LogP contribution in [-0.2, 0) is 6.42 Å². The fourth-order valence-corrected chi connectivity index (χ4v) is 3.71. The number of benzene rings is 1. The summed E-state index contributed by atoms with van der Waals surface area (Å²) < 4.78 is 0. The zero-order chi connectivity index (χ0) is 14.4. The molecule has 1 N–H and O–H groups in total. The second kappa shape index (κ2) is 8.05. The Bertz CT molecular complexity index is 410. The van der Waals surface area contributed by atoms with E-state index in [-0.39, 0.29) is 0 Å². The van der Waals surface area contributed by atoms with Gasteiger partial charge in [0, 0.05) is 5.02 Å². The van der Waals surface area contributed by atoms with Gasteiger partial charge in [-0.2, -0.15) is 0 Å². The highest BCUT2D eigenvalue weighted by atomic mass is 35.5. The lowest BCUT2D eigenvalue weighted by Gasteiger charge is -2.24. The molecule has 1 aliphatic carbocycles. The maximum atomic E-state index is 6.42. The Hall–Kier alpha value is -0.530. The molecule has 1 fully saturated rings. The van der Waals surface area contributed by atoms with Crippen molar-refractivity contribution in [1.82, 2.24) is 5.32 Å². The van der Waals surface area contributed by atoms with E-state index in [1.165, 1.54) is 43.2 Å². The molecule has 0 heterocycles. The summed E-state index contributed by atoms with van der Waals surface area (Å²) in [5.74, 6) is 1.63. The third-order valence-corrected chi connectivity index (χ3v) is 4.94. The summed E-state index contributed by atoms with van der Waals surface area (Å²) in [7, 11) is 0. The predicted octanol–water partition coefficient (Wildman–Crippen LogP) is 5.00. The lowest BCUT2D eigenvalue weighted by atomic mass is 9.85. The first-order chi connectivity index (χ1) is 9.70. The van der Waals surface area contributed by atoms with E-state index < -0.39 is 0 Å². The van der Waals surface area contributed by atoms with Gasteiger partial charge in [-0.1, -0.05) is 56.3 Å². The van der Waals surface area contributed by atoms with Gasteiger partial charge >= 0.3 is 0 Å². The van der Waals surface area contributed by atoms with E-state index in [0.29, 0.717) is 0 Å². The normalized spacial score (nSPS) is 17.6. The molecule has 0 amide bonds. The summed E-state index contributed by atoms with van der Waals surface area (Å²) in [5.41, 5.74) is 2.58. The van der Waals surface area contributed by atoms with Crippen LogP contribution < -0.4 is 5.32 Å². The van der Waals surface area contributed by atoms with Crippen molar-refractivity contribution >= 4 is 11.6 Å². The zero-order valence-corrected chi connectivity index (χ0v) is 13.7. The van der Waals surface area contributed by atoms with Crippen LogP contribution in [0.3, 0.4) is 0 Å². The van der Waals surface area contributed by atoms with Crippen LogP contribution in [0.15, 0.2) is 18.2 Å².